The van der Waals surface area contributed by atoms with Crippen LogP contribution in [-0.4, -0.2) is 20.6 Å². The molecule has 3 rings (SSSR count). The fourth-order valence-corrected chi connectivity index (χ4v) is 2.24. The van der Waals surface area contributed by atoms with Crippen LogP contribution in [0.4, 0.5) is 0 Å². The molecule has 1 saturated carbocycles. The zero-order chi connectivity index (χ0) is 12.0. The third-order valence-electron chi connectivity index (χ3n) is 3.58. The summed E-state index contributed by atoms with van der Waals surface area (Å²) in [5.74, 6) is 0.621. The molecular weight excluding hydrogens is 216 g/mol. The molecule has 2 aromatic rings. The lowest BCUT2D eigenvalue weighted by Crippen LogP contribution is -2.01. The smallest absolute Gasteiger partial charge is 0.335 e. The van der Waals surface area contributed by atoms with Crippen molar-refractivity contribution in [2.75, 3.05) is 0 Å². The number of carboxylic acids is 1. The lowest BCUT2D eigenvalue weighted by Gasteiger charge is -2.03. The fourth-order valence-electron chi connectivity index (χ4n) is 2.24. The number of nitrogens with zero attached hydrogens (tertiary/aromatic N) is 2. The molecule has 1 aliphatic rings. The van der Waals surface area contributed by atoms with Crippen molar-refractivity contribution in [2.24, 2.45) is 11.8 Å². The number of fused-ring (bicyclic) bond motifs is 1. The Bertz CT molecular complexity index is 588. The molecule has 88 valence electrons. The summed E-state index contributed by atoms with van der Waals surface area (Å²) in [6.07, 6.45) is 3.07. The second kappa shape index (κ2) is 3.58. The van der Waals surface area contributed by atoms with E-state index in [-0.39, 0.29) is 0 Å². The Hall–Kier alpha value is -1.84. The molecular formula is C13H14N2O2. The highest BCUT2D eigenvalue weighted by molar-refractivity contribution is 5.92. The van der Waals surface area contributed by atoms with Crippen molar-refractivity contribution in [3.8, 4) is 0 Å². The Morgan fingerprint density at radius 2 is 2.35 bits per heavy atom. The van der Waals surface area contributed by atoms with Gasteiger partial charge >= 0.3 is 5.97 Å². The molecule has 1 N–H and O–H groups in total. The minimum Gasteiger partial charge on any atom is -0.478 e. The van der Waals surface area contributed by atoms with Gasteiger partial charge in [-0.3, -0.25) is 0 Å². The lowest BCUT2D eigenvalue weighted by molar-refractivity contribution is 0.0697. The van der Waals surface area contributed by atoms with Crippen molar-refractivity contribution in [2.45, 2.75) is 19.9 Å². The Kier molecular flexibility index (Phi) is 2.18. The van der Waals surface area contributed by atoms with E-state index >= 15 is 0 Å². The second-order valence-electron chi connectivity index (χ2n) is 4.88. The van der Waals surface area contributed by atoms with Crippen LogP contribution in [0.15, 0.2) is 24.5 Å². The molecule has 2 atom stereocenters. The maximum atomic E-state index is 10.9. The molecule has 1 heterocycles. The molecule has 1 aromatic heterocycles. The number of benzene rings is 1. The molecule has 1 aromatic carbocycles. The molecule has 0 spiro atoms. The third kappa shape index (κ3) is 1.79. The van der Waals surface area contributed by atoms with Gasteiger partial charge in [0, 0.05) is 6.54 Å². The van der Waals surface area contributed by atoms with Gasteiger partial charge in [0.05, 0.1) is 22.9 Å². The van der Waals surface area contributed by atoms with Gasteiger partial charge in [-0.25, -0.2) is 9.78 Å². The Morgan fingerprint density at radius 3 is 3.00 bits per heavy atom. The van der Waals surface area contributed by atoms with Crippen LogP contribution in [0.1, 0.15) is 23.7 Å². The summed E-state index contributed by atoms with van der Waals surface area (Å²) in [5.41, 5.74) is 2.11. The van der Waals surface area contributed by atoms with Gasteiger partial charge in [0.2, 0.25) is 0 Å². The molecule has 4 heteroatoms. The number of carboxylic acid groups (broad SMARTS) is 1. The van der Waals surface area contributed by atoms with Crippen LogP contribution in [0.25, 0.3) is 11.0 Å². The molecule has 1 aliphatic carbocycles. The van der Waals surface area contributed by atoms with Crippen LogP contribution < -0.4 is 0 Å². The van der Waals surface area contributed by atoms with E-state index in [0.717, 1.165) is 29.4 Å². The minimum absolute atomic E-state index is 0.322. The number of imidazole rings is 1. The third-order valence-corrected chi connectivity index (χ3v) is 3.58. The predicted octanol–water partition coefficient (Wildman–Crippen LogP) is 2.39. The summed E-state index contributed by atoms with van der Waals surface area (Å²) in [5, 5.41) is 8.98. The summed E-state index contributed by atoms with van der Waals surface area (Å²) in [6.45, 7) is 3.19. The summed E-state index contributed by atoms with van der Waals surface area (Å²) < 4.78 is 2.07. The van der Waals surface area contributed by atoms with E-state index in [0.29, 0.717) is 5.56 Å². The minimum atomic E-state index is -0.889. The van der Waals surface area contributed by atoms with Gasteiger partial charge < -0.3 is 9.67 Å². The quantitative estimate of drug-likeness (QED) is 0.880. The number of hydrogen-bond donors (Lipinski definition) is 1. The van der Waals surface area contributed by atoms with E-state index in [9.17, 15) is 4.79 Å². The van der Waals surface area contributed by atoms with Crippen molar-refractivity contribution in [1.82, 2.24) is 9.55 Å². The first-order chi connectivity index (χ1) is 8.15. The monoisotopic (exact) mass is 230 g/mol. The highest BCUT2D eigenvalue weighted by atomic mass is 16.4. The highest BCUT2D eigenvalue weighted by Gasteiger charge is 2.32. The Labute approximate surface area is 98.9 Å². The molecule has 4 nitrogen and oxygen atoms in total. The average molecular weight is 230 g/mol. The maximum Gasteiger partial charge on any atom is 0.335 e. The van der Waals surface area contributed by atoms with Gasteiger partial charge in [-0.15, -0.1) is 0 Å². The first-order valence-corrected chi connectivity index (χ1v) is 5.83. The number of aromatic nitrogens is 2. The van der Waals surface area contributed by atoms with Crippen molar-refractivity contribution in [3.63, 3.8) is 0 Å². The molecule has 1 fully saturated rings. The normalized spacial score (nSPS) is 22.9. The van der Waals surface area contributed by atoms with Gasteiger partial charge in [-0.1, -0.05) is 6.92 Å². The summed E-state index contributed by atoms with van der Waals surface area (Å²) in [6, 6.07) is 5.07. The van der Waals surface area contributed by atoms with E-state index in [1.165, 1.54) is 6.42 Å². The van der Waals surface area contributed by atoms with Crippen molar-refractivity contribution in [3.05, 3.63) is 30.1 Å². The highest BCUT2D eigenvalue weighted by Crippen LogP contribution is 2.39. The molecule has 0 aliphatic heterocycles. The van der Waals surface area contributed by atoms with Crippen LogP contribution in [0.3, 0.4) is 0 Å². The largest absolute Gasteiger partial charge is 0.478 e. The number of rotatable bonds is 3. The summed E-state index contributed by atoms with van der Waals surface area (Å²) in [7, 11) is 0. The molecule has 17 heavy (non-hydrogen) atoms. The fraction of sp³-hybridized carbons (Fsp3) is 0.385. The Balaban J connectivity index is 2.00. The van der Waals surface area contributed by atoms with E-state index in [2.05, 4.69) is 16.5 Å². The van der Waals surface area contributed by atoms with E-state index in [1.807, 2.05) is 0 Å². The van der Waals surface area contributed by atoms with Crippen molar-refractivity contribution in [1.29, 1.82) is 0 Å². The van der Waals surface area contributed by atoms with Crippen LogP contribution >= 0.6 is 0 Å². The molecule has 0 bridgehead atoms. The van der Waals surface area contributed by atoms with Crippen molar-refractivity contribution >= 4 is 17.0 Å². The SMILES string of the molecule is CC1CC1Cn1cnc2ccc(C(=O)O)cc21. The zero-order valence-electron chi connectivity index (χ0n) is 9.63. The first-order valence-electron chi connectivity index (χ1n) is 5.83. The van der Waals surface area contributed by atoms with Crippen LogP contribution in [0.5, 0.6) is 0 Å². The van der Waals surface area contributed by atoms with Gasteiger partial charge in [-0.05, 0) is 36.5 Å². The predicted molar refractivity (Wildman–Crippen MR) is 64.0 cm³/mol. The molecule has 2 unspecified atom stereocenters. The molecule has 0 radical (unpaired) electrons. The molecule has 0 amide bonds. The van der Waals surface area contributed by atoms with Gasteiger partial charge in [0.15, 0.2) is 0 Å². The standard InChI is InChI=1S/C13H14N2O2/c1-8-4-10(8)6-15-7-14-11-3-2-9(13(16)17)5-12(11)15/h2-3,5,7-8,10H,4,6H2,1H3,(H,16,17). The summed E-state index contributed by atoms with van der Waals surface area (Å²) in [4.78, 5) is 15.2. The first kappa shape index (κ1) is 10.3. The van der Waals surface area contributed by atoms with E-state index in [1.54, 1.807) is 24.5 Å². The van der Waals surface area contributed by atoms with Crippen LogP contribution in [0.2, 0.25) is 0 Å². The van der Waals surface area contributed by atoms with Gasteiger partial charge in [0.25, 0.3) is 0 Å². The van der Waals surface area contributed by atoms with Crippen molar-refractivity contribution < 1.29 is 9.90 Å². The number of carbonyl (C=O) groups is 1. The lowest BCUT2D eigenvalue weighted by atomic mass is 10.2. The van der Waals surface area contributed by atoms with E-state index in [4.69, 9.17) is 5.11 Å². The average Bonchev–Trinajstić information content (AvgIpc) is 2.85. The zero-order valence-corrected chi connectivity index (χ0v) is 9.63. The maximum absolute atomic E-state index is 10.9. The number of aromatic carboxylic acids is 1. The summed E-state index contributed by atoms with van der Waals surface area (Å²) >= 11 is 0. The molecule has 0 saturated heterocycles. The van der Waals surface area contributed by atoms with E-state index < -0.39 is 5.97 Å². The van der Waals surface area contributed by atoms with Gasteiger partial charge in [0.1, 0.15) is 0 Å². The van der Waals surface area contributed by atoms with Crippen LogP contribution in [-0.2, 0) is 6.54 Å². The topological polar surface area (TPSA) is 55.1 Å². The number of hydrogen-bond acceptors (Lipinski definition) is 2. The van der Waals surface area contributed by atoms with Crippen LogP contribution in [0, 0.1) is 11.8 Å². The van der Waals surface area contributed by atoms with Gasteiger partial charge in [-0.2, -0.15) is 0 Å². The Morgan fingerprint density at radius 1 is 1.59 bits per heavy atom. The second-order valence-corrected chi connectivity index (χ2v) is 4.88.